The molecule has 1 aliphatic rings. The minimum atomic E-state index is -0.528. The van der Waals surface area contributed by atoms with E-state index in [0.717, 1.165) is 12.6 Å². The molecule has 0 aliphatic carbocycles. The molecule has 0 spiro atoms. The highest BCUT2D eigenvalue weighted by Gasteiger charge is 2.17. The summed E-state index contributed by atoms with van der Waals surface area (Å²) in [5.74, 6) is -0.181. The van der Waals surface area contributed by atoms with Crippen LogP contribution in [0.15, 0.2) is 12.3 Å². The zero-order valence-corrected chi connectivity index (χ0v) is 7.57. The molecule has 1 aromatic heterocycles. The molecule has 1 atom stereocenters. The molecule has 76 valence electrons. The Balaban J connectivity index is 2.05. The van der Waals surface area contributed by atoms with E-state index in [-0.39, 0.29) is 11.8 Å². The maximum absolute atomic E-state index is 12.7. The summed E-state index contributed by atoms with van der Waals surface area (Å²) in [6.45, 7) is 1.25. The SMILES string of the molecule is Nc1cc(O[C@H]2CCOC2)ncc1F. The normalized spacial score (nSPS) is 21.1. The highest BCUT2D eigenvalue weighted by molar-refractivity contribution is 5.41. The Kier molecular flexibility index (Phi) is 2.49. The Morgan fingerprint density at radius 2 is 2.50 bits per heavy atom. The van der Waals surface area contributed by atoms with Gasteiger partial charge in [-0.05, 0) is 0 Å². The van der Waals surface area contributed by atoms with Crippen LogP contribution in [-0.4, -0.2) is 24.3 Å². The monoisotopic (exact) mass is 198 g/mol. The molecule has 4 nitrogen and oxygen atoms in total. The maximum Gasteiger partial charge on any atom is 0.215 e. The van der Waals surface area contributed by atoms with Crippen LogP contribution in [-0.2, 0) is 4.74 Å². The number of nitrogen functional groups attached to an aromatic ring is 1. The number of pyridine rings is 1. The zero-order valence-electron chi connectivity index (χ0n) is 7.57. The van der Waals surface area contributed by atoms with Crippen LogP contribution in [0.1, 0.15) is 6.42 Å². The standard InChI is InChI=1S/C9H11FN2O2/c10-7-4-12-9(3-8(7)11)14-6-1-2-13-5-6/h3-4,6H,1-2,5H2,(H2,11,12)/t6-/m0/s1. The summed E-state index contributed by atoms with van der Waals surface area (Å²) < 4.78 is 23.3. The van der Waals surface area contributed by atoms with Crippen LogP contribution in [0.2, 0.25) is 0 Å². The molecule has 1 aromatic rings. The molecule has 0 aromatic carbocycles. The second-order valence-electron chi connectivity index (χ2n) is 3.15. The second kappa shape index (κ2) is 3.79. The Bertz CT molecular complexity index is 327. The van der Waals surface area contributed by atoms with Gasteiger partial charge in [-0.1, -0.05) is 0 Å². The summed E-state index contributed by atoms with van der Waals surface area (Å²) in [4.78, 5) is 3.77. The lowest BCUT2D eigenvalue weighted by molar-refractivity contribution is 0.138. The van der Waals surface area contributed by atoms with Crippen molar-refractivity contribution < 1.29 is 13.9 Å². The molecule has 2 heterocycles. The van der Waals surface area contributed by atoms with Crippen molar-refractivity contribution in [3.63, 3.8) is 0 Å². The van der Waals surface area contributed by atoms with Crippen LogP contribution in [0, 0.1) is 5.82 Å². The molecule has 0 bridgehead atoms. The van der Waals surface area contributed by atoms with Crippen LogP contribution in [0.3, 0.4) is 0 Å². The fourth-order valence-corrected chi connectivity index (χ4v) is 1.28. The molecular weight excluding hydrogens is 187 g/mol. The summed E-state index contributed by atoms with van der Waals surface area (Å²) in [6, 6.07) is 1.38. The maximum atomic E-state index is 12.7. The number of ether oxygens (including phenoxy) is 2. The number of hydrogen-bond donors (Lipinski definition) is 1. The number of hydrogen-bond acceptors (Lipinski definition) is 4. The van der Waals surface area contributed by atoms with E-state index in [1.807, 2.05) is 0 Å². The number of halogens is 1. The lowest BCUT2D eigenvalue weighted by Crippen LogP contribution is -2.16. The molecule has 0 radical (unpaired) electrons. The van der Waals surface area contributed by atoms with E-state index in [0.29, 0.717) is 19.1 Å². The van der Waals surface area contributed by atoms with Gasteiger partial charge in [-0.3, -0.25) is 0 Å². The van der Waals surface area contributed by atoms with Gasteiger partial charge in [0.15, 0.2) is 5.82 Å². The molecule has 0 saturated carbocycles. The third-order valence-electron chi connectivity index (χ3n) is 2.04. The summed E-state index contributed by atoms with van der Waals surface area (Å²) in [6.07, 6.45) is 1.90. The first-order valence-electron chi connectivity index (χ1n) is 4.41. The van der Waals surface area contributed by atoms with E-state index in [1.165, 1.54) is 6.07 Å². The Morgan fingerprint density at radius 3 is 3.14 bits per heavy atom. The van der Waals surface area contributed by atoms with Gasteiger partial charge >= 0.3 is 0 Å². The van der Waals surface area contributed by atoms with Crippen molar-refractivity contribution in [3.05, 3.63) is 18.1 Å². The van der Waals surface area contributed by atoms with Crippen LogP contribution in [0.25, 0.3) is 0 Å². The van der Waals surface area contributed by atoms with Crippen LogP contribution in [0.5, 0.6) is 5.88 Å². The van der Waals surface area contributed by atoms with Gasteiger partial charge in [0.1, 0.15) is 6.10 Å². The van der Waals surface area contributed by atoms with Crippen LogP contribution >= 0.6 is 0 Å². The van der Waals surface area contributed by atoms with Gasteiger partial charge in [-0.15, -0.1) is 0 Å². The van der Waals surface area contributed by atoms with Crippen molar-refractivity contribution in [2.75, 3.05) is 18.9 Å². The summed E-state index contributed by atoms with van der Waals surface area (Å²) >= 11 is 0. The van der Waals surface area contributed by atoms with Gasteiger partial charge in [0, 0.05) is 12.5 Å². The lowest BCUT2D eigenvalue weighted by atomic mass is 10.3. The van der Waals surface area contributed by atoms with Crippen molar-refractivity contribution in [3.8, 4) is 5.88 Å². The van der Waals surface area contributed by atoms with E-state index in [1.54, 1.807) is 0 Å². The number of aromatic nitrogens is 1. The average molecular weight is 198 g/mol. The van der Waals surface area contributed by atoms with Crippen LogP contribution < -0.4 is 10.5 Å². The first kappa shape index (κ1) is 9.21. The molecule has 2 rings (SSSR count). The van der Waals surface area contributed by atoms with Gasteiger partial charge in [0.25, 0.3) is 0 Å². The van der Waals surface area contributed by atoms with Crippen LogP contribution in [0.4, 0.5) is 10.1 Å². The minimum Gasteiger partial charge on any atom is -0.472 e. The third-order valence-corrected chi connectivity index (χ3v) is 2.04. The fourth-order valence-electron chi connectivity index (χ4n) is 1.28. The highest BCUT2D eigenvalue weighted by Crippen LogP contribution is 2.18. The molecule has 14 heavy (non-hydrogen) atoms. The van der Waals surface area contributed by atoms with Gasteiger partial charge in [0.05, 0.1) is 25.1 Å². The molecule has 2 N–H and O–H groups in total. The van der Waals surface area contributed by atoms with E-state index in [4.69, 9.17) is 15.2 Å². The van der Waals surface area contributed by atoms with E-state index in [9.17, 15) is 4.39 Å². The molecule has 1 saturated heterocycles. The number of anilines is 1. The fraction of sp³-hybridized carbons (Fsp3) is 0.444. The first-order valence-corrected chi connectivity index (χ1v) is 4.41. The van der Waals surface area contributed by atoms with Crippen molar-refractivity contribution in [1.82, 2.24) is 4.98 Å². The van der Waals surface area contributed by atoms with Gasteiger partial charge in [-0.25, -0.2) is 9.37 Å². The van der Waals surface area contributed by atoms with Crippen molar-refractivity contribution in [2.24, 2.45) is 0 Å². The average Bonchev–Trinajstić information content (AvgIpc) is 2.64. The van der Waals surface area contributed by atoms with Crippen molar-refractivity contribution >= 4 is 5.69 Å². The smallest absolute Gasteiger partial charge is 0.215 e. The van der Waals surface area contributed by atoms with Gasteiger partial charge < -0.3 is 15.2 Å². The number of nitrogens with two attached hydrogens (primary N) is 1. The largest absolute Gasteiger partial charge is 0.472 e. The number of nitrogens with zero attached hydrogens (tertiary/aromatic N) is 1. The third kappa shape index (κ3) is 1.93. The summed E-state index contributed by atoms with van der Waals surface area (Å²) in [5.41, 5.74) is 5.42. The lowest BCUT2D eigenvalue weighted by Gasteiger charge is -2.10. The topological polar surface area (TPSA) is 57.4 Å². The quantitative estimate of drug-likeness (QED) is 0.769. The minimum absolute atomic E-state index is 0.00682. The molecule has 0 amide bonds. The van der Waals surface area contributed by atoms with Crippen molar-refractivity contribution in [1.29, 1.82) is 0 Å². The van der Waals surface area contributed by atoms with E-state index >= 15 is 0 Å². The van der Waals surface area contributed by atoms with E-state index < -0.39 is 5.82 Å². The summed E-state index contributed by atoms with van der Waals surface area (Å²) in [5, 5.41) is 0. The molecule has 0 unspecified atom stereocenters. The molecule has 5 heteroatoms. The molecule has 1 aliphatic heterocycles. The van der Waals surface area contributed by atoms with Crippen molar-refractivity contribution in [2.45, 2.75) is 12.5 Å². The zero-order chi connectivity index (χ0) is 9.97. The van der Waals surface area contributed by atoms with E-state index in [2.05, 4.69) is 4.98 Å². The molecule has 1 fully saturated rings. The number of rotatable bonds is 2. The van der Waals surface area contributed by atoms with Gasteiger partial charge in [0.2, 0.25) is 5.88 Å². The Morgan fingerprint density at radius 1 is 1.64 bits per heavy atom. The second-order valence-corrected chi connectivity index (χ2v) is 3.15. The Labute approximate surface area is 80.8 Å². The first-order chi connectivity index (χ1) is 6.75. The highest BCUT2D eigenvalue weighted by atomic mass is 19.1. The van der Waals surface area contributed by atoms with Gasteiger partial charge in [-0.2, -0.15) is 0 Å². The predicted molar refractivity (Wildman–Crippen MR) is 48.5 cm³/mol. The predicted octanol–water partition coefficient (Wildman–Crippen LogP) is 0.971. The summed E-state index contributed by atoms with van der Waals surface area (Å²) in [7, 11) is 0. The molecular formula is C9H11FN2O2. The Hall–Kier alpha value is -1.36.